The minimum atomic E-state index is -0.00736. The average Bonchev–Trinajstić information content (AvgIpc) is 3.07. The number of hydrogen-bond acceptors (Lipinski definition) is 5. The molecule has 2 saturated carbocycles. The standard InChI is InChI=1S/C18H22N4OS.2ClH/c19-13-8-11-4-3-5-12(9-13)16(11)22-17(23)15-10-21-18(24-15)14-6-1-2-7-20-14;;/h1-2,6-7,10-13,16H,3-5,8-9,19H2,(H,22,23);2*1H. The number of pyridine rings is 1. The van der Waals surface area contributed by atoms with E-state index in [4.69, 9.17) is 5.73 Å². The van der Waals surface area contributed by atoms with Gasteiger partial charge in [0.1, 0.15) is 9.88 Å². The Hall–Kier alpha value is -1.21. The van der Waals surface area contributed by atoms with Crippen molar-refractivity contribution in [3.8, 4) is 10.7 Å². The molecule has 2 fully saturated rings. The first-order chi connectivity index (χ1) is 11.7. The van der Waals surface area contributed by atoms with Crippen LogP contribution >= 0.6 is 36.2 Å². The number of hydrogen-bond donors (Lipinski definition) is 2. The van der Waals surface area contributed by atoms with Crippen LogP contribution in [0.1, 0.15) is 41.8 Å². The van der Waals surface area contributed by atoms with Crippen molar-refractivity contribution in [3.63, 3.8) is 0 Å². The van der Waals surface area contributed by atoms with Crippen LogP contribution in [-0.4, -0.2) is 28.0 Å². The smallest absolute Gasteiger partial charge is 0.263 e. The zero-order valence-electron chi connectivity index (χ0n) is 14.3. The summed E-state index contributed by atoms with van der Waals surface area (Å²) in [6.07, 6.45) is 9.08. The number of thiazole rings is 1. The quantitative estimate of drug-likeness (QED) is 0.801. The second kappa shape index (κ2) is 9.13. The van der Waals surface area contributed by atoms with E-state index < -0.39 is 0 Å². The summed E-state index contributed by atoms with van der Waals surface area (Å²) in [4.78, 5) is 22.0. The van der Waals surface area contributed by atoms with E-state index in [1.807, 2.05) is 18.2 Å². The third-order valence-electron chi connectivity index (χ3n) is 5.29. The predicted octanol–water partition coefficient (Wildman–Crippen LogP) is 3.68. The first-order valence-corrected chi connectivity index (χ1v) is 9.46. The van der Waals surface area contributed by atoms with Gasteiger partial charge in [0, 0.05) is 18.3 Å². The molecule has 2 atom stereocenters. The van der Waals surface area contributed by atoms with Crippen molar-refractivity contribution in [3.05, 3.63) is 35.5 Å². The van der Waals surface area contributed by atoms with E-state index in [0.717, 1.165) is 23.5 Å². The lowest BCUT2D eigenvalue weighted by atomic mass is 9.67. The third-order valence-corrected chi connectivity index (χ3v) is 6.31. The summed E-state index contributed by atoms with van der Waals surface area (Å²) in [7, 11) is 0. The molecular formula is C18H24Cl2N4OS. The minimum Gasteiger partial charge on any atom is -0.348 e. The fourth-order valence-corrected chi connectivity index (χ4v) is 5.03. The highest BCUT2D eigenvalue weighted by Crippen LogP contribution is 2.39. The first-order valence-electron chi connectivity index (χ1n) is 8.64. The number of halogens is 2. The van der Waals surface area contributed by atoms with E-state index in [2.05, 4.69) is 15.3 Å². The molecule has 142 valence electrons. The normalized spacial score (nSPS) is 27.0. The maximum Gasteiger partial charge on any atom is 0.263 e. The number of aromatic nitrogens is 2. The Morgan fingerprint density at radius 3 is 2.54 bits per heavy atom. The molecule has 2 unspecified atom stereocenters. The number of amides is 1. The highest BCUT2D eigenvalue weighted by atomic mass is 35.5. The lowest BCUT2D eigenvalue weighted by Crippen LogP contribution is -2.53. The number of carbonyl (C=O) groups is 1. The van der Waals surface area contributed by atoms with Crippen LogP contribution in [0.15, 0.2) is 30.6 Å². The number of fused-ring (bicyclic) bond motifs is 2. The molecule has 1 amide bonds. The Balaban J connectivity index is 0.00000121. The Morgan fingerprint density at radius 1 is 1.15 bits per heavy atom. The average molecular weight is 415 g/mol. The van der Waals surface area contributed by atoms with Gasteiger partial charge in [-0.05, 0) is 49.7 Å². The molecular weight excluding hydrogens is 391 g/mol. The summed E-state index contributed by atoms with van der Waals surface area (Å²) in [6, 6.07) is 6.28. The maximum absolute atomic E-state index is 12.7. The van der Waals surface area contributed by atoms with Gasteiger partial charge in [0.05, 0.1) is 11.9 Å². The van der Waals surface area contributed by atoms with Crippen LogP contribution in [0.2, 0.25) is 0 Å². The second-order valence-electron chi connectivity index (χ2n) is 6.93. The molecule has 0 aromatic carbocycles. The first kappa shape index (κ1) is 21.1. The van der Waals surface area contributed by atoms with Crippen LogP contribution in [0.4, 0.5) is 0 Å². The topological polar surface area (TPSA) is 80.9 Å². The van der Waals surface area contributed by atoms with Crippen molar-refractivity contribution >= 4 is 42.1 Å². The van der Waals surface area contributed by atoms with Gasteiger partial charge >= 0.3 is 0 Å². The van der Waals surface area contributed by atoms with Crippen LogP contribution < -0.4 is 11.1 Å². The lowest BCUT2D eigenvalue weighted by molar-refractivity contribution is 0.0759. The molecule has 0 aliphatic heterocycles. The summed E-state index contributed by atoms with van der Waals surface area (Å²) in [6.45, 7) is 0. The summed E-state index contributed by atoms with van der Waals surface area (Å²) in [5, 5.41) is 4.06. The number of rotatable bonds is 3. The lowest BCUT2D eigenvalue weighted by Gasteiger charge is -2.45. The van der Waals surface area contributed by atoms with Crippen molar-refractivity contribution in [2.24, 2.45) is 17.6 Å². The Morgan fingerprint density at radius 2 is 1.88 bits per heavy atom. The van der Waals surface area contributed by atoms with Gasteiger partial charge in [-0.2, -0.15) is 0 Å². The van der Waals surface area contributed by atoms with E-state index in [0.29, 0.717) is 22.8 Å². The maximum atomic E-state index is 12.7. The van der Waals surface area contributed by atoms with E-state index in [9.17, 15) is 4.79 Å². The van der Waals surface area contributed by atoms with Gasteiger partial charge in [-0.25, -0.2) is 4.98 Å². The molecule has 2 aliphatic rings. The van der Waals surface area contributed by atoms with Crippen molar-refractivity contribution in [1.82, 2.24) is 15.3 Å². The molecule has 2 aliphatic carbocycles. The van der Waals surface area contributed by atoms with Gasteiger partial charge in [-0.1, -0.05) is 12.5 Å². The molecule has 26 heavy (non-hydrogen) atoms. The summed E-state index contributed by atoms with van der Waals surface area (Å²) < 4.78 is 0. The molecule has 2 bridgehead atoms. The molecule has 5 nitrogen and oxygen atoms in total. The molecule has 0 saturated heterocycles. The largest absolute Gasteiger partial charge is 0.348 e. The minimum absolute atomic E-state index is 0. The Bertz CT molecular complexity index is 713. The molecule has 0 radical (unpaired) electrons. The fraction of sp³-hybridized carbons (Fsp3) is 0.500. The van der Waals surface area contributed by atoms with E-state index in [1.165, 1.54) is 30.6 Å². The Labute approximate surface area is 170 Å². The zero-order valence-corrected chi connectivity index (χ0v) is 16.8. The van der Waals surface area contributed by atoms with Crippen LogP contribution in [0, 0.1) is 11.8 Å². The Kier molecular flexibility index (Phi) is 7.41. The molecule has 8 heteroatoms. The predicted molar refractivity (Wildman–Crippen MR) is 109 cm³/mol. The molecule has 4 rings (SSSR count). The van der Waals surface area contributed by atoms with Gasteiger partial charge in [-0.3, -0.25) is 9.78 Å². The molecule has 0 spiro atoms. The number of nitrogens with one attached hydrogen (secondary N) is 1. The monoisotopic (exact) mass is 414 g/mol. The fourth-order valence-electron chi connectivity index (χ4n) is 4.23. The summed E-state index contributed by atoms with van der Waals surface area (Å²) in [5.41, 5.74) is 6.98. The van der Waals surface area contributed by atoms with E-state index >= 15 is 0 Å². The number of nitrogens with zero attached hydrogens (tertiary/aromatic N) is 2. The van der Waals surface area contributed by atoms with Gasteiger partial charge in [0.2, 0.25) is 0 Å². The summed E-state index contributed by atoms with van der Waals surface area (Å²) in [5.74, 6) is 1.05. The van der Waals surface area contributed by atoms with E-state index in [-0.39, 0.29) is 36.8 Å². The van der Waals surface area contributed by atoms with Gasteiger partial charge in [-0.15, -0.1) is 36.2 Å². The van der Waals surface area contributed by atoms with Crippen LogP contribution in [-0.2, 0) is 0 Å². The van der Waals surface area contributed by atoms with Crippen molar-refractivity contribution < 1.29 is 4.79 Å². The van der Waals surface area contributed by atoms with Gasteiger partial charge < -0.3 is 11.1 Å². The van der Waals surface area contributed by atoms with Crippen molar-refractivity contribution in [2.45, 2.75) is 44.2 Å². The van der Waals surface area contributed by atoms with Gasteiger partial charge in [0.25, 0.3) is 5.91 Å². The van der Waals surface area contributed by atoms with Crippen LogP contribution in [0.5, 0.6) is 0 Å². The molecule has 2 heterocycles. The second-order valence-corrected chi connectivity index (χ2v) is 7.96. The summed E-state index contributed by atoms with van der Waals surface area (Å²) >= 11 is 1.40. The van der Waals surface area contributed by atoms with Crippen molar-refractivity contribution in [1.29, 1.82) is 0 Å². The number of carbonyl (C=O) groups excluding carboxylic acids is 1. The van der Waals surface area contributed by atoms with E-state index in [1.54, 1.807) is 12.4 Å². The molecule has 2 aromatic heterocycles. The highest BCUT2D eigenvalue weighted by molar-refractivity contribution is 7.16. The third kappa shape index (κ3) is 4.36. The van der Waals surface area contributed by atoms with Crippen LogP contribution in [0.3, 0.4) is 0 Å². The van der Waals surface area contributed by atoms with Crippen molar-refractivity contribution in [2.75, 3.05) is 0 Å². The number of nitrogens with two attached hydrogens (primary N) is 1. The molecule has 2 aromatic rings. The highest BCUT2D eigenvalue weighted by Gasteiger charge is 2.40. The zero-order chi connectivity index (χ0) is 16.5. The SMILES string of the molecule is Cl.Cl.NC1CC2CCCC(C1)C2NC(=O)c1cnc(-c2ccccn2)s1. The van der Waals surface area contributed by atoms with Gasteiger partial charge in [0.15, 0.2) is 0 Å². The van der Waals surface area contributed by atoms with Crippen LogP contribution in [0.25, 0.3) is 10.7 Å². The molecule has 3 N–H and O–H groups in total.